The summed E-state index contributed by atoms with van der Waals surface area (Å²) in [6, 6.07) is 13.9. The molecule has 25 heavy (non-hydrogen) atoms. The van der Waals surface area contributed by atoms with Crippen molar-refractivity contribution >= 4 is 21.5 Å². The number of sulfonamides is 1. The average Bonchev–Trinajstić information content (AvgIpc) is 2.62. The first-order valence-corrected chi connectivity index (χ1v) is 9.34. The molecule has 2 aromatic rings. The van der Waals surface area contributed by atoms with Crippen LogP contribution in [0.2, 0.25) is 0 Å². The Balaban J connectivity index is 1.86. The average molecular weight is 357 g/mol. The number of methoxy groups -OCH3 is 1. The zero-order chi connectivity index (χ0) is 18.0. The van der Waals surface area contributed by atoms with Gasteiger partial charge in [-0.05, 0) is 48.7 Å². The van der Waals surface area contributed by atoms with E-state index in [1.54, 1.807) is 19.2 Å². The van der Waals surface area contributed by atoms with Gasteiger partial charge >= 0.3 is 0 Å². The predicted molar refractivity (Wildman–Crippen MR) is 95.7 cm³/mol. The molecule has 1 heterocycles. The van der Waals surface area contributed by atoms with Crippen molar-refractivity contribution in [3.63, 3.8) is 0 Å². The molecule has 0 radical (unpaired) electrons. The van der Waals surface area contributed by atoms with Gasteiger partial charge in [-0.2, -0.15) is 0 Å². The molecule has 0 atom stereocenters. The Labute approximate surface area is 147 Å². The van der Waals surface area contributed by atoms with Crippen LogP contribution in [-0.2, 0) is 14.8 Å². The minimum Gasteiger partial charge on any atom is -0.497 e. The van der Waals surface area contributed by atoms with Gasteiger partial charge in [0.2, 0.25) is 0 Å². The predicted octanol–water partition coefficient (Wildman–Crippen LogP) is 3.01. The largest absolute Gasteiger partial charge is 0.497 e. The molecule has 0 unspecified atom stereocenters. The Kier molecular flexibility index (Phi) is 4.63. The Hall–Kier alpha value is -2.60. The molecule has 3 rings (SSSR count). The Bertz CT molecular complexity index is 913. The fraction of sp³-hybridized carbons (Fsp3) is 0.211. The highest BCUT2D eigenvalue weighted by molar-refractivity contribution is 7.89. The molecule has 5 nitrogen and oxygen atoms in total. The van der Waals surface area contributed by atoms with Crippen LogP contribution in [0.25, 0.3) is 5.57 Å². The molecule has 0 N–H and O–H groups in total. The van der Waals surface area contributed by atoms with Gasteiger partial charge in [0, 0.05) is 12.6 Å². The van der Waals surface area contributed by atoms with E-state index in [0.29, 0.717) is 6.42 Å². The van der Waals surface area contributed by atoms with Crippen molar-refractivity contribution < 1.29 is 17.9 Å². The molecule has 0 aliphatic carbocycles. The van der Waals surface area contributed by atoms with E-state index in [0.717, 1.165) is 26.8 Å². The summed E-state index contributed by atoms with van der Waals surface area (Å²) in [6.07, 6.45) is 1.88. The molecule has 0 aromatic heterocycles. The zero-order valence-electron chi connectivity index (χ0n) is 14.1. The highest BCUT2D eigenvalue weighted by atomic mass is 32.2. The van der Waals surface area contributed by atoms with Crippen LogP contribution in [0.5, 0.6) is 5.75 Å². The third-order valence-electron chi connectivity index (χ3n) is 4.20. The number of benzene rings is 2. The monoisotopic (exact) mass is 357 g/mol. The van der Waals surface area contributed by atoms with Gasteiger partial charge in [-0.25, -0.2) is 12.7 Å². The van der Waals surface area contributed by atoms with Crippen LogP contribution in [0.4, 0.5) is 0 Å². The second kappa shape index (κ2) is 6.72. The highest BCUT2D eigenvalue weighted by Gasteiger charge is 2.31. The van der Waals surface area contributed by atoms with Crippen molar-refractivity contribution in [2.24, 2.45) is 0 Å². The smallest absolute Gasteiger partial charge is 0.266 e. The number of nitrogens with zero attached hydrogens (tertiary/aromatic N) is 1. The number of rotatable bonds is 4. The number of ether oxygens (including phenoxy) is 1. The van der Waals surface area contributed by atoms with Crippen molar-refractivity contribution in [3.05, 3.63) is 65.7 Å². The molecule has 0 bridgehead atoms. The van der Waals surface area contributed by atoms with E-state index in [1.165, 1.54) is 18.2 Å². The lowest BCUT2D eigenvalue weighted by molar-refractivity contribution is -0.121. The lowest BCUT2D eigenvalue weighted by Crippen LogP contribution is -2.39. The highest BCUT2D eigenvalue weighted by Crippen LogP contribution is 2.28. The quantitative estimate of drug-likeness (QED) is 0.844. The molecule has 1 aliphatic heterocycles. The van der Waals surface area contributed by atoms with Crippen molar-refractivity contribution in [2.75, 3.05) is 13.7 Å². The minimum absolute atomic E-state index is 0.132. The van der Waals surface area contributed by atoms with Gasteiger partial charge in [0.1, 0.15) is 5.75 Å². The summed E-state index contributed by atoms with van der Waals surface area (Å²) >= 11 is 0. The first-order chi connectivity index (χ1) is 11.9. The fourth-order valence-corrected chi connectivity index (χ4v) is 4.09. The lowest BCUT2D eigenvalue weighted by atomic mass is 10.00. The number of carbonyl (C=O) groups excluding carboxylic acids is 1. The lowest BCUT2D eigenvalue weighted by Gasteiger charge is -2.26. The second-order valence-electron chi connectivity index (χ2n) is 5.88. The number of aryl methyl sites for hydroxylation is 1. The van der Waals surface area contributed by atoms with Gasteiger partial charge in [-0.1, -0.05) is 29.8 Å². The third kappa shape index (κ3) is 3.44. The molecule has 2 aromatic carbocycles. The van der Waals surface area contributed by atoms with Crippen LogP contribution >= 0.6 is 0 Å². The van der Waals surface area contributed by atoms with E-state index in [4.69, 9.17) is 4.74 Å². The fourth-order valence-electron chi connectivity index (χ4n) is 2.73. The number of hydrogen-bond acceptors (Lipinski definition) is 4. The summed E-state index contributed by atoms with van der Waals surface area (Å²) < 4.78 is 31.4. The van der Waals surface area contributed by atoms with E-state index in [-0.39, 0.29) is 11.4 Å². The van der Waals surface area contributed by atoms with Crippen molar-refractivity contribution in [1.82, 2.24) is 4.31 Å². The van der Waals surface area contributed by atoms with Crippen molar-refractivity contribution in [3.8, 4) is 5.75 Å². The van der Waals surface area contributed by atoms with Crippen LogP contribution in [0.15, 0.2) is 59.5 Å². The van der Waals surface area contributed by atoms with E-state index in [2.05, 4.69) is 0 Å². The van der Waals surface area contributed by atoms with E-state index in [9.17, 15) is 13.2 Å². The molecule has 0 saturated heterocycles. The first-order valence-electron chi connectivity index (χ1n) is 7.90. The van der Waals surface area contributed by atoms with Gasteiger partial charge in [0.25, 0.3) is 15.9 Å². The van der Waals surface area contributed by atoms with E-state index >= 15 is 0 Å². The first kappa shape index (κ1) is 17.2. The van der Waals surface area contributed by atoms with Gasteiger partial charge in [0.15, 0.2) is 0 Å². The maximum atomic E-state index is 12.7. The van der Waals surface area contributed by atoms with Crippen molar-refractivity contribution in [1.29, 1.82) is 0 Å². The zero-order valence-corrected chi connectivity index (χ0v) is 14.9. The normalized spacial score (nSPS) is 15.0. The maximum Gasteiger partial charge on any atom is 0.266 e. The molecule has 0 spiro atoms. The molecule has 1 amide bonds. The standard InChI is InChI=1S/C19H19NO4S/c1-14-3-9-18(10-4-14)25(22,23)20-12-11-16(13-19(20)21)15-5-7-17(24-2)8-6-15/h3-10,13H,11-12H2,1-2H3. The SMILES string of the molecule is COc1ccc(C2=CC(=O)N(S(=O)(=O)c3ccc(C)cc3)CC2)cc1. The minimum atomic E-state index is -3.83. The third-order valence-corrected chi connectivity index (χ3v) is 6.01. The Morgan fingerprint density at radius 3 is 2.20 bits per heavy atom. The second-order valence-corrected chi connectivity index (χ2v) is 7.74. The summed E-state index contributed by atoms with van der Waals surface area (Å²) in [5.41, 5.74) is 2.68. The summed E-state index contributed by atoms with van der Waals surface area (Å²) in [6.45, 7) is 2.01. The summed E-state index contributed by atoms with van der Waals surface area (Å²) in [5, 5.41) is 0. The Morgan fingerprint density at radius 2 is 1.64 bits per heavy atom. The molecule has 0 fully saturated rings. The molecule has 1 aliphatic rings. The van der Waals surface area contributed by atoms with Crippen LogP contribution in [0, 0.1) is 6.92 Å². The van der Waals surface area contributed by atoms with Crippen molar-refractivity contribution in [2.45, 2.75) is 18.2 Å². The van der Waals surface area contributed by atoms with Crippen LogP contribution < -0.4 is 4.74 Å². The summed E-state index contributed by atoms with van der Waals surface area (Å²) in [5.74, 6) is 0.215. The van der Waals surface area contributed by atoms with E-state index in [1.807, 2.05) is 31.2 Å². The van der Waals surface area contributed by atoms with Gasteiger partial charge in [0.05, 0.1) is 12.0 Å². The molecular weight excluding hydrogens is 338 g/mol. The molecule has 0 saturated carbocycles. The number of carbonyl (C=O) groups is 1. The van der Waals surface area contributed by atoms with E-state index < -0.39 is 15.9 Å². The topological polar surface area (TPSA) is 63.7 Å². The summed E-state index contributed by atoms with van der Waals surface area (Å²) in [7, 11) is -2.24. The summed E-state index contributed by atoms with van der Waals surface area (Å²) in [4.78, 5) is 12.6. The van der Waals surface area contributed by atoms with Crippen LogP contribution in [0.3, 0.4) is 0 Å². The molecular formula is C19H19NO4S. The maximum absolute atomic E-state index is 12.7. The van der Waals surface area contributed by atoms with Gasteiger partial charge < -0.3 is 4.74 Å². The number of amides is 1. The molecule has 130 valence electrons. The van der Waals surface area contributed by atoms with Crippen LogP contribution in [-0.4, -0.2) is 32.3 Å². The molecule has 6 heteroatoms. The van der Waals surface area contributed by atoms with Gasteiger partial charge in [-0.3, -0.25) is 4.79 Å². The Morgan fingerprint density at radius 1 is 1.00 bits per heavy atom. The number of hydrogen-bond donors (Lipinski definition) is 0. The van der Waals surface area contributed by atoms with Gasteiger partial charge in [-0.15, -0.1) is 0 Å². The van der Waals surface area contributed by atoms with Crippen LogP contribution in [0.1, 0.15) is 17.5 Å².